The van der Waals surface area contributed by atoms with Crippen LogP contribution in [0, 0.1) is 0 Å². The number of rotatable bonds is 3. The minimum atomic E-state index is -1.34. The minimum absolute atomic E-state index is 0.0939. The summed E-state index contributed by atoms with van der Waals surface area (Å²) in [4.78, 5) is 12.2. The van der Waals surface area contributed by atoms with E-state index in [9.17, 15) is 9.90 Å². The fourth-order valence-electron chi connectivity index (χ4n) is 2.88. The van der Waals surface area contributed by atoms with Crippen LogP contribution in [0.3, 0.4) is 0 Å². The third kappa shape index (κ3) is 2.96. The smallest absolute Gasteiger partial charge is 0.168 e. The van der Waals surface area contributed by atoms with Crippen LogP contribution in [-0.2, 0) is 4.79 Å². The summed E-state index contributed by atoms with van der Waals surface area (Å²) in [5.41, 5.74) is 0.771. The Bertz CT molecular complexity index is 646. The molecule has 2 heteroatoms. The Balaban J connectivity index is 1.79. The summed E-state index contributed by atoms with van der Waals surface area (Å²) in [7, 11) is 0. The van der Waals surface area contributed by atoms with Crippen molar-refractivity contribution in [2.24, 2.45) is 0 Å². The molecule has 2 atom stereocenters. The second-order valence-electron chi connectivity index (χ2n) is 5.61. The number of hydrogen-bond acceptors (Lipinski definition) is 2. The number of carbonyl (C=O) groups excluding carboxylic acids is 1. The molecule has 2 aromatic rings. The summed E-state index contributed by atoms with van der Waals surface area (Å²) in [6.07, 6.45) is 4.33. The third-order valence-electron chi connectivity index (χ3n) is 4.09. The van der Waals surface area contributed by atoms with Crippen LogP contribution in [0.15, 0.2) is 66.7 Å². The summed E-state index contributed by atoms with van der Waals surface area (Å²) < 4.78 is 0. The number of carbonyl (C=O) groups is 1. The van der Waals surface area contributed by atoms with Crippen LogP contribution < -0.4 is 0 Å². The first-order chi connectivity index (χ1) is 10.2. The molecule has 0 bridgehead atoms. The topological polar surface area (TPSA) is 37.3 Å². The molecule has 0 radical (unpaired) electrons. The van der Waals surface area contributed by atoms with E-state index < -0.39 is 5.60 Å². The normalized spacial score (nSPS) is 25.6. The van der Waals surface area contributed by atoms with Crippen LogP contribution in [0.1, 0.15) is 29.9 Å². The molecule has 106 valence electrons. The van der Waals surface area contributed by atoms with Gasteiger partial charge in [-0.1, -0.05) is 66.7 Å². The second kappa shape index (κ2) is 5.66. The van der Waals surface area contributed by atoms with Crippen molar-refractivity contribution >= 4 is 11.9 Å². The monoisotopic (exact) mass is 278 g/mol. The Kier molecular flexibility index (Phi) is 3.72. The van der Waals surface area contributed by atoms with E-state index in [1.54, 1.807) is 6.08 Å². The van der Waals surface area contributed by atoms with Crippen molar-refractivity contribution < 1.29 is 9.90 Å². The maximum absolute atomic E-state index is 12.2. The van der Waals surface area contributed by atoms with E-state index in [0.29, 0.717) is 12.8 Å². The average Bonchev–Trinajstić information content (AvgIpc) is 2.83. The first-order valence-corrected chi connectivity index (χ1v) is 7.22. The molecule has 1 fully saturated rings. The molecule has 0 aliphatic heterocycles. The molecule has 2 aromatic carbocycles. The minimum Gasteiger partial charge on any atom is -0.378 e. The molecular weight excluding hydrogens is 260 g/mol. The van der Waals surface area contributed by atoms with Crippen LogP contribution in [0.2, 0.25) is 0 Å². The highest BCUT2D eigenvalue weighted by atomic mass is 16.3. The van der Waals surface area contributed by atoms with Crippen LogP contribution in [0.4, 0.5) is 0 Å². The Hall–Kier alpha value is -2.19. The van der Waals surface area contributed by atoms with Crippen LogP contribution in [-0.4, -0.2) is 16.5 Å². The lowest BCUT2D eigenvalue weighted by molar-refractivity contribution is -0.129. The highest BCUT2D eigenvalue weighted by Gasteiger charge is 2.43. The molecule has 0 unspecified atom stereocenters. The van der Waals surface area contributed by atoms with Crippen molar-refractivity contribution in [1.29, 1.82) is 0 Å². The fourth-order valence-corrected chi connectivity index (χ4v) is 2.88. The van der Waals surface area contributed by atoms with Gasteiger partial charge in [0.1, 0.15) is 5.60 Å². The number of ketones is 1. The number of benzene rings is 2. The highest BCUT2D eigenvalue weighted by molar-refractivity contribution is 5.93. The van der Waals surface area contributed by atoms with Gasteiger partial charge in [-0.05, 0) is 29.5 Å². The summed E-state index contributed by atoms with van der Waals surface area (Å²) in [6, 6.07) is 19.7. The summed E-state index contributed by atoms with van der Waals surface area (Å²) in [5.74, 6) is 0.00709. The Labute approximate surface area is 124 Å². The van der Waals surface area contributed by atoms with Crippen molar-refractivity contribution in [2.75, 3.05) is 0 Å². The third-order valence-corrected chi connectivity index (χ3v) is 4.09. The predicted octanol–water partition coefficient (Wildman–Crippen LogP) is 3.58. The maximum atomic E-state index is 12.2. The molecule has 3 rings (SSSR count). The van der Waals surface area contributed by atoms with Crippen LogP contribution in [0.5, 0.6) is 0 Å². The fraction of sp³-hybridized carbons (Fsp3) is 0.211. The summed E-state index contributed by atoms with van der Waals surface area (Å²) in [6.45, 7) is 0. The van der Waals surface area contributed by atoms with E-state index in [2.05, 4.69) is 0 Å². The molecule has 0 saturated heterocycles. The maximum Gasteiger partial charge on any atom is 0.168 e. The van der Waals surface area contributed by atoms with Gasteiger partial charge in [0.15, 0.2) is 5.78 Å². The molecule has 0 amide bonds. The van der Waals surface area contributed by atoms with Gasteiger partial charge in [-0.15, -0.1) is 0 Å². The Morgan fingerprint density at radius 3 is 2.29 bits per heavy atom. The number of Topliss-reactive ketones (excluding diaryl/α,β-unsaturated/α-hetero) is 1. The van der Waals surface area contributed by atoms with Crippen molar-refractivity contribution in [3.05, 3.63) is 77.9 Å². The van der Waals surface area contributed by atoms with E-state index >= 15 is 0 Å². The summed E-state index contributed by atoms with van der Waals surface area (Å²) in [5, 5.41) is 10.6. The molecule has 0 heterocycles. The molecule has 1 aliphatic rings. The largest absolute Gasteiger partial charge is 0.378 e. The Morgan fingerprint density at radius 1 is 1.00 bits per heavy atom. The van der Waals surface area contributed by atoms with Gasteiger partial charge in [0.05, 0.1) is 0 Å². The molecule has 21 heavy (non-hydrogen) atoms. The van der Waals surface area contributed by atoms with Gasteiger partial charge in [-0.2, -0.15) is 0 Å². The average molecular weight is 278 g/mol. The van der Waals surface area contributed by atoms with E-state index in [1.807, 2.05) is 66.7 Å². The van der Waals surface area contributed by atoms with Gasteiger partial charge in [0.25, 0.3) is 0 Å². The zero-order chi connectivity index (χ0) is 14.7. The van der Waals surface area contributed by atoms with Gasteiger partial charge >= 0.3 is 0 Å². The molecule has 1 aliphatic carbocycles. The predicted molar refractivity (Wildman–Crippen MR) is 83.8 cm³/mol. The van der Waals surface area contributed by atoms with E-state index in [-0.39, 0.29) is 11.7 Å². The lowest BCUT2D eigenvalue weighted by atomic mass is 9.94. The van der Waals surface area contributed by atoms with Gasteiger partial charge in [0, 0.05) is 6.42 Å². The number of hydrogen-bond donors (Lipinski definition) is 1. The molecule has 0 aromatic heterocycles. The summed E-state index contributed by atoms with van der Waals surface area (Å²) >= 11 is 0. The van der Waals surface area contributed by atoms with E-state index in [1.165, 1.54) is 0 Å². The molecule has 0 spiro atoms. The van der Waals surface area contributed by atoms with Gasteiger partial charge in [-0.25, -0.2) is 0 Å². The van der Waals surface area contributed by atoms with Gasteiger partial charge < -0.3 is 5.11 Å². The first kappa shape index (κ1) is 13.8. The lowest BCUT2D eigenvalue weighted by Gasteiger charge is -2.16. The standard InChI is InChI=1S/C19H18O2/c20-18-13-17(16-9-5-2-6-10-16)14-19(18,21)12-11-15-7-3-1-4-8-15/h1-12,17,21H,13-14H2/b12-11+/t17-,19-/m0/s1. The molecule has 1 N–H and O–H groups in total. The van der Waals surface area contributed by atoms with Crippen molar-refractivity contribution in [2.45, 2.75) is 24.4 Å². The zero-order valence-electron chi connectivity index (χ0n) is 11.8. The zero-order valence-corrected chi connectivity index (χ0v) is 11.8. The van der Waals surface area contributed by atoms with Crippen molar-refractivity contribution in [3.8, 4) is 0 Å². The second-order valence-corrected chi connectivity index (χ2v) is 5.61. The van der Waals surface area contributed by atoms with Crippen molar-refractivity contribution in [3.63, 3.8) is 0 Å². The Morgan fingerprint density at radius 2 is 1.62 bits per heavy atom. The highest BCUT2D eigenvalue weighted by Crippen LogP contribution is 2.39. The van der Waals surface area contributed by atoms with E-state index in [4.69, 9.17) is 0 Å². The number of aliphatic hydroxyl groups is 1. The van der Waals surface area contributed by atoms with E-state index in [0.717, 1.165) is 11.1 Å². The molecular formula is C19H18O2. The molecule has 2 nitrogen and oxygen atoms in total. The quantitative estimate of drug-likeness (QED) is 0.931. The van der Waals surface area contributed by atoms with Crippen LogP contribution in [0.25, 0.3) is 6.08 Å². The lowest BCUT2D eigenvalue weighted by Crippen LogP contribution is -2.30. The SMILES string of the molecule is O=C1C[C@H](c2ccccc2)C[C@@]1(O)/C=C/c1ccccc1. The van der Waals surface area contributed by atoms with Crippen LogP contribution >= 0.6 is 0 Å². The van der Waals surface area contributed by atoms with Gasteiger partial charge in [0.2, 0.25) is 0 Å². The first-order valence-electron chi connectivity index (χ1n) is 7.22. The van der Waals surface area contributed by atoms with Crippen molar-refractivity contribution in [1.82, 2.24) is 0 Å². The molecule has 1 saturated carbocycles. The van der Waals surface area contributed by atoms with Gasteiger partial charge in [-0.3, -0.25) is 4.79 Å².